The molecule has 1 aromatic heterocycles. The van der Waals surface area contributed by atoms with Crippen molar-refractivity contribution in [3.05, 3.63) is 54.7 Å². The van der Waals surface area contributed by atoms with Gasteiger partial charge in [0, 0.05) is 17.3 Å². The number of rotatable bonds is 7. The van der Waals surface area contributed by atoms with Crippen molar-refractivity contribution in [2.24, 2.45) is 0 Å². The van der Waals surface area contributed by atoms with Gasteiger partial charge in [0.25, 0.3) is 0 Å². The van der Waals surface area contributed by atoms with Crippen molar-refractivity contribution in [2.75, 3.05) is 12.8 Å². The highest BCUT2D eigenvalue weighted by atomic mass is 16.6. The Bertz CT molecular complexity index is 828. The maximum atomic E-state index is 12.3. The van der Waals surface area contributed by atoms with Gasteiger partial charge in [-0.15, -0.1) is 6.58 Å². The summed E-state index contributed by atoms with van der Waals surface area (Å²) in [5.74, 6) is 0.449. The minimum atomic E-state index is -0.585. The van der Waals surface area contributed by atoms with E-state index < -0.39 is 11.7 Å². The summed E-state index contributed by atoms with van der Waals surface area (Å²) in [6, 6.07) is 11.0. The SMILES string of the molecule is C=CCC[C@H](NC(=O)OC(C)(C)C)c1cc(-c2ccccc2N)cc(OC)n1. The summed E-state index contributed by atoms with van der Waals surface area (Å²) in [5, 5.41) is 2.91. The molecule has 0 aliphatic carbocycles. The van der Waals surface area contributed by atoms with E-state index in [0.717, 1.165) is 11.1 Å². The molecule has 150 valence electrons. The van der Waals surface area contributed by atoms with E-state index in [4.69, 9.17) is 15.2 Å². The maximum absolute atomic E-state index is 12.3. The summed E-state index contributed by atoms with van der Waals surface area (Å²) in [7, 11) is 1.56. The Labute approximate surface area is 166 Å². The second kappa shape index (κ2) is 9.26. The zero-order valence-electron chi connectivity index (χ0n) is 17.0. The van der Waals surface area contributed by atoms with Crippen LogP contribution >= 0.6 is 0 Å². The first kappa shape index (κ1) is 21.3. The summed E-state index contributed by atoms with van der Waals surface area (Å²) >= 11 is 0. The van der Waals surface area contributed by atoms with Crippen LogP contribution in [0.2, 0.25) is 0 Å². The van der Waals surface area contributed by atoms with Crippen molar-refractivity contribution in [3.63, 3.8) is 0 Å². The van der Waals surface area contributed by atoms with E-state index in [1.165, 1.54) is 0 Å². The molecule has 6 nitrogen and oxygen atoms in total. The van der Waals surface area contributed by atoms with E-state index in [1.807, 2.05) is 57.2 Å². The zero-order chi connectivity index (χ0) is 20.7. The molecule has 0 aliphatic rings. The summed E-state index contributed by atoms with van der Waals surface area (Å²) in [5.41, 5.74) is 8.63. The fourth-order valence-corrected chi connectivity index (χ4v) is 2.75. The maximum Gasteiger partial charge on any atom is 0.408 e. The fourth-order valence-electron chi connectivity index (χ4n) is 2.75. The van der Waals surface area contributed by atoms with E-state index in [2.05, 4.69) is 16.9 Å². The van der Waals surface area contributed by atoms with Crippen LogP contribution < -0.4 is 15.8 Å². The molecule has 0 fully saturated rings. The smallest absolute Gasteiger partial charge is 0.408 e. The first-order valence-electron chi connectivity index (χ1n) is 9.24. The van der Waals surface area contributed by atoms with Crippen LogP contribution in [0.15, 0.2) is 49.1 Å². The molecule has 0 spiro atoms. The normalized spacial score (nSPS) is 12.1. The number of nitrogens with zero attached hydrogens (tertiary/aromatic N) is 1. The standard InChI is InChI=1S/C22H29N3O3/c1-6-7-12-18(25-21(26)28-22(2,3)4)19-13-15(14-20(24-19)27-5)16-10-8-9-11-17(16)23/h6,8-11,13-14,18H,1,7,12,23H2,2-5H3,(H,25,26)/t18-/m0/s1. The van der Waals surface area contributed by atoms with Gasteiger partial charge in [0.2, 0.25) is 5.88 Å². The number of allylic oxidation sites excluding steroid dienone is 1. The first-order chi connectivity index (χ1) is 13.2. The third-order valence-corrected chi connectivity index (χ3v) is 4.01. The number of hydrogen-bond acceptors (Lipinski definition) is 5. The van der Waals surface area contributed by atoms with Crippen molar-refractivity contribution in [1.82, 2.24) is 10.3 Å². The number of aromatic nitrogens is 1. The van der Waals surface area contributed by atoms with Crippen molar-refractivity contribution >= 4 is 11.8 Å². The molecule has 0 aliphatic heterocycles. The molecule has 0 saturated heterocycles. The van der Waals surface area contributed by atoms with Gasteiger partial charge < -0.3 is 20.5 Å². The number of hydrogen-bond donors (Lipinski definition) is 2. The number of para-hydroxylation sites is 1. The molecule has 2 aromatic rings. The Hall–Kier alpha value is -3.02. The molecule has 2 rings (SSSR count). The molecular formula is C22H29N3O3. The number of carbonyl (C=O) groups is 1. The van der Waals surface area contributed by atoms with Crippen molar-refractivity contribution < 1.29 is 14.3 Å². The van der Waals surface area contributed by atoms with Gasteiger partial charge in [-0.05, 0) is 51.3 Å². The third kappa shape index (κ3) is 6.01. The fraction of sp³-hybridized carbons (Fsp3) is 0.364. The second-order valence-corrected chi connectivity index (χ2v) is 7.48. The number of ether oxygens (including phenoxy) is 2. The predicted molar refractivity (Wildman–Crippen MR) is 112 cm³/mol. The molecule has 1 amide bonds. The molecule has 3 N–H and O–H groups in total. The summed E-state index contributed by atoms with van der Waals surface area (Å²) in [4.78, 5) is 16.9. The van der Waals surface area contributed by atoms with Crippen LogP contribution in [0, 0.1) is 0 Å². The molecule has 0 radical (unpaired) electrons. The average Bonchev–Trinajstić information content (AvgIpc) is 2.63. The van der Waals surface area contributed by atoms with Gasteiger partial charge in [-0.2, -0.15) is 0 Å². The monoisotopic (exact) mass is 383 g/mol. The lowest BCUT2D eigenvalue weighted by atomic mass is 10.0. The predicted octanol–water partition coefficient (Wildman–Crippen LogP) is 4.87. The molecule has 6 heteroatoms. The molecule has 1 heterocycles. The van der Waals surface area contributed by atoms with E-state index >= 15 is 0 Å². The van der Waals surface area contributed by atoms with Crippen molar-refractivity contribution in [1.29, 1.82) is 0 Å². The number of alkyl carbamates (subject to hydrolysis) is 1. The van der Waals surface area contributed by atoms with Crippen LogP contribution in [-0.2, 0) is 4.74 Å². The van der Waals surface area contributed by atoms with Gasteiger partial charge in [0.15, 0.2) is 0 Å². The number of carbonyl (C=O) groups excluding carboxylic acids is 1. The van der Waals surface area contributed by atoms with Crippen LogP contribution in [0.25, 0.3) is 11.1 Å². The zero-order valence-corrected chi connectivity index (χ0v) is 17.0. The Balaban J connectivity index is 2.41. The summed E-state index contributed by atoms with van der Waals surface area (Å²) < 4.78 is 10.8. The number of nitrogens with one attached hydrogen (secondary N) is 1. The molecule has 0 saturated carbocycles. The summed E-state index contributed by atoms with van der Waals surface area (Å²) in [6.45, 7) is 9.24. The number of methoxy groups -OCH3 is 1. The van der Waals surface area contributed by atoms with E-state index in [0.29, 0.717) is 30.1 Å². The van der Waals surface area contributed by atoms with E-state index in [-0.39, 0.29) is 6.04 Å². The van der Waals surface area contributed by atoms with Gasteiger partial charge in [0.05, 0.1) is 18.8 Å². The topological polar surface area (TPSA) is 86.5 Å². The van der Waals surface area contributed by atoms with E-state index in [9.17, 15) is 4.79 Å². The average molecular weight is 383 g/mol. The highest BCUT2D eigenvalue weighted by molar-refractivity contribution is 5.77. The number of nitrogen functional groups attached to an aromatic ring is 1. The highest BCUT2D eigenvalue weighted by Crippen LogP contribution is 2.31. The quantitative estimate of drug-likeness (QED) is 0.526. The van der Waals surface area contributed by atoms with Gasteiger partial charge in [-0.1, -0.05) is 24.3 Å². The Morgan fingerprint density at radius 1 is 1.32 bits per heavy atom. The number of amides is 1. The Morgan fingerprint density at radius 3 is 2.64 bits per heavy atom. The lowest BCUT2D eigenvalue weighted by Crippen LogP contribution is -2.35. The Kier molecular flexibility index (Phi) is 7.04. The minimum Gasteiger partial charge on any atom is -0.481 e. The Morgan fingerprint density at radius 2 is 2.04 bits per heavy atom. The second-order valence-electron chi connectivity index (χ2n) is 7.48. The lowest BCUT2D eigenvalue weighted by molar-refractivity contribution is 0.0500. The van der Waals surface area contributed by atoms with Crippen LogP contribution in [0.5, 0.6) is 5.88 Å². The molecule has 0 unspecified atom stereocenters. The number of pyridine rings is 1. The van der Waals surface area contributed by atoms with Crippen LogP contribution in [-0.4, -0.2) is 23.8 Å². The van der Waals surface area contributed by atoms with Crippen molar-refractivity contribution in [2.45, 2.75) is 45.3 Å². The van der Waals surface area contributed by atoms with Crippen LogP contribution in [0.3, 0.4) is 0 Å². The largest absolute Gasteiger partial charge is 0.481 e. The summed E-state index contributed by atoms with van der Waals surface area (Å²) in [6.07, 6.45) is 2.65. The molecule has 0 bridgehead atoms. The molecule has 1 atom stereocenters. The minimum absolute atomic E-state index is 0.355. The number of nitrogens with two attached hydrogens (primary N) is 1. The van der Waals surface area contributed by atoms with Gasteiger partial charge >= 0.3 is 6.09 Å². The van der Waals surface area contributed by atoms with Gasteiger partial charge in [-0.3, -0.25) is 0 Å². The van der Waals surface area contributed by atoms with Crippen molar-refractivity contribution in [3.8, 4) is 17.0 Å². The molecular weight excluding hydrogens is 354 g/mol. The molecule has 1 aromatic carbocycles. The highest BCUT2D eigenvalue weighted by Gasteiger charge is 2.22. The van der Waals surface area contributed by atoms with Crippen LogP contribution in [0.1, 0.15) is 45.3 Å². The lowest BCUT2D eigenvalue weighted by Gasteiger charge is -2.24. The van der Waals surface area contributed by atoms with Gasteiger partial charge in [0.1, 0.15) is 5.60 Å². The number of benzene rings is 1. The molecule has 28 heavy (non-hydrogen) atoms. The van der Waals surface area contributed by atoms with Gasteiger partial charge in [-0.25, -0.2) is 9.78 Å². The van der Waals surface area contributed by atoms with E-state index in [1.54, 1.807) is 13.2 Å². The van der Waals surface area contributed by atoms with Crippen LogP contribution in [0.4, 0.5) is 10.5 Å². The number of anilines is 1. The first-order valence-corrected chi connectivity index (χ1v) is 9.24. The third-order valence-electron chi connectivity index (χ3n) is 4.01.